The lowest BCUT2D eigenvalue weighted by Gasteiger charge is -2.44. The molecular formula is C23H36N4O2. The monoisotopic (exact) mass is 400 g/mol. The zero-order valence-corrected chi connectivity index (χ0v) is 18.1. The van der Waals surface area contributed by atoms with E-state index in [1.165, 1.54) is 18.4 Å². The number of aromatic nitrogens is 1. The Morgan fingerprint density at radius 1 is 1.21 bits per heavy atom. The molecule has 3 fully saturated rings. The van der Waals surface area contributed by atoms with Gasteiger partial charge < -0.3 is 9.64 Å². The van der Waals surface area contributed by atoms with Gasteiger partial charge in [-0.15, -0.1) is 0 Å². The maximum atomic E-state index is 13.2. The Kier molecular flexibility index (Phi) is 6.52. The summed E-state index contributed by atoms with van der Waals surface area (Å²) < 4.78 is 5.79. The molecule has 3 aliphatic rings. The second-order valence-corrected chi connectivity index (χ2v) is 9.57. The summed E-state index contributed by atoms with van der Waals surface area (Å²) in [6, 6.07) is 4.80. The van der Waals surface area contributed by atoms with Crippen LogP contribution in [0.25, 0.3) is 0 Å². The number of amides is 1. The van der Waals surface area contributed by atoms with Crippen molar-refractivity contribution in [2.24, 2.45) is 5.92 Å². The van der Waals surface area contributed by atoms with Gasteiger partial charge in [-0.2, -0.15) is 0 Å². The molecule has 0 N–H and O–H groups in total. The highest BCUT2D eigenvalue weighted by Crippen LogP contribution is 2.27. The van der Waals surface area contributed by atoms with Crippen LogP contribution in [0.3, 0.4) is 0 Å². The summed E-state index contributed by atoms with van der Waals surface area (Å²) in [7, 11) is 0. The van der Waals surface area contributed by atoms with Crippen molar-refractivity contribution in [2.45, 2.75) is 57.7 Å². The van der Waals surface area contributed by atoms with Crippen molar-refractivity contribution in [1.82, 2.24) is 19.7 Å². The van der Waals surface area contributed by atoms with Crippen molar-refractivity contribution in [2.75, 3.05) is 45.9 Å². The van der Waals surface area contributed by atoms with Crippen LogP contribution in [-0.2, 0) is 16.1 Å². The maximum Gasteiger partial charge on any atom is 0.227 e. The predicted molar refractivity (Wildman–Crippen MR) is 113 cm³/mol. The van der Waals surface area contributed by atoms with E-state index < -0.39 is 0 Å². The molecule has 1 amide bonds. The van der Waals surface area contributed by atoms with Crippen LogP contribution in [0, 0.1) is 5.92 Å². The molecule has 0 bridgehead atoms. The molecule has 3 aliphatic heterocycles. The summed E-state index contributed by atoms with van der Waals surface area (Å²) in [4.78, 5) is 24.6. The number of hydrogen-bond acceptors (Lipinski definition) is 5. The van der Waals surface area contributed by atoms with Crippen LogP contribution in [0.2, 0.25) is 0 Å². The van der Waals surface area contributed by atoms with E-state index in [-0.39, 0.29) is 11.5 Å². The van der Waals surface area contributed by atoms with Gasteiger partial charge in [0.1, 0.15) is 0 Å². The van der Waals surface area contributed by atoms with Crippen LogP contribution in [0.15, 0.2) is 24.5 Å². The number of carbonyl (C=O) groups excluding carboxylic acids is 1. The van der Waals surface area contributed by atoms with E-state index in [1.807, 2.05) is 23.4 Å². The molecule has 0 radical (unpaired) electrons. The van der Waals surface area contributed by atoms with Crippen molar-refractivity contribution >= 4 is 5.91 Å². The number of ether oxygens (including phenoxy) is 1. The van der Waals surface area contributed by atoms with Crippen molar-refractivity contribution in [3.8, 4) is 0 Å². The van der Waals surface area contributed by atoms with E-state index >= 15 is 0 Å². The zero-order chi connectivity index (χ0) is 20.3. The molecule has 0 unspecified atom stereocenters. The van der Waals surface area contributed by atoms with Gasteiger partial charge in [0, 0.05) is 44.6 Å². The lowest BCUT2D eigenvalue weighted by atomic mass is 9.92. The Balaban J connectivity index is 1.27. The fourth-order valence-corrected chi connectivity index (χ4v) is 5.19. The summed E-state index contributed by atoms with van der Waals surface area (Å²) in [5.74, 6) is 0.506. The van der Waals surface area contributed by atoms with Crippen molar-refractivity contribution in [3.63, 3.8) is 0 Å². The number of nitrogens with zero attached hydrogens (tertiary/aromatic N) is 4. The highest BCUT2D eigenvalue weighted by molar-refractivity contribution is 5.79. The van der Waals surface area contributed by atoms with E-state index in [4.69, 9.17) is 4.74 Å². The van der Waals surface area contributed by atoms with Gasteiger partial charge in [0.2, 0.25) is 5.91 Å². The van der Waals surface area contributed by atoms with Gasteiger partial charge in [-0.3, -0.25) is 19.6 Å². The van der Waals surface area contributed by atoms with Crippen LogP contribution >= 0.6 is 0 Å². The molecule has 0 aromatic carbocycles. The Morgan fingerprint density at radius 2 is 2.03 bits per heavy atom. The SMILES string of the molecule is CC1(C)CN(C(=O)[C@@H]2CCCN(C3CCN(Cc4cccnc4)CC3)C2)CCO1. The third-order valence-corrected chi connectivity index (χ3v) is 6.74. The van der Waals surface area contributed by atoms with E-state index in [0.717, 1.165) is 58.7 Å². The first-order valence-corrected chi connectivity index (χ1v) is 11.3. The van der Waals surface area contributed by atoms with Crippen LogP contribution in [0.4, 0.5) is 0 Å². The van der Waals surface area contributed by atoms with Gasteiger partial charge in [0.25, 0.3) is 0 Å². The number of rotatable bonds is 4. The zero-order valence-electron chi connectivity index (χ0n) is 18.1. The van der Waals surface area contributed by atoms with Crippen LogP contribution in [-0.4, -0.2) is 83.1 Å². The fraction of sp³-hybridized carbons (Fsp3) is 0.739. The first-order valence-electron chi connectivity index (χ1n) is 11.3. The first kappa shape index (κ1) is 20.8. The van der Waals surface area contributed by atoms with Gasteiger partial charge in [-0.1, -0.05) is 6.07 Å². The van der Waals surface area contributed by atoms with Gasteiger partial charge in [0.05, 0.1) is 18.1 Å². The molecule has 3 saturated heterocycles. The van der Waals surface area contributed by atoms with Crippen LogP contribution in [0.5, 0.6) is 0 Å². The summed E-state index contributed by atoms with van der Waals surface area (Å²) in [5.41, 5.74) is 1.08. The van der Waals surface area contributed by atoms with E-state index in [2.05, 4.69) is 34.7 Å². The summed E-state index contributed by atoms with van der Waals surface area (Å²) >= 11 is 0. The molecule has 6 heteroatoms. The Bertz CT molecular complexity index is 673. The Labute approximate surface area is 175 Å². The van der Waals surface area contributed by atoms with Crippen molar-refractivity contribution < 1.29 is 9.53 Å². The van der Waals surface area contributed by atoms with Crippen LogP contribution < -0.4 is 0 Å². The molecule has 29 heavy (non-hydrogen) atoms. The third kappa shape index (κ3) is 5.36. The average Bonchev–Trinajstić information content (AvgIpc) is 2.74. The molecular weight excluding hydrogens is 364 g/mol. The summed E-state index contributed by atoms with van der Waals surface area (Å²) in [6.07, 6.45) is 8.38. The Hall–Kier alpha value is -1.50. The smallest absolute Gasteiger partial charge is 0.227 e. The number of piperidine rings is 2. The van der Waals surface area contributed by atoms with Gasteiger partial charge in [-0.25, -0.2) is 0 Å². The highest BCUT2D eigenvalue weighted by atomic mass is 16.5. The number of pyridine rings is 1. The summed E-state index contributed by atoms with van der Waals surface area (Å²) in [5, 5.41) is 0. The number of likely N-dealkylation sites (tertiary alicyclic amines) is 2. The largest absolute Gasteiger partial charge is 0.372 e. The van der Waals surface area contributed by atoms with Gasteiger partial charge in [-0.05, 0) is 70.8 Å². The molecule has 6 nitrogen and oxygen atoms in total. The molecule has 0 spiro atoms. The van der Waals surface area contributed by atoms with Crippen LogP contribution in [0.1, 0.15) is 45.1 Å². The minimum atomic E-state index is -0.219. The van der Waals surface area contributed by atoms with E-state index in [0.29, 0.717) is 18.6 Å². The minimum Gasteiger partial charge on any atom is -0.372 e. The number of hydrogen-bond donors (Lipinski definition) is 0. The molecule has 160 valence electrons. The highest BCUT2D eigenvalue weighted by Gasteiger charge is 2.36. The molecule has 4 heterocycles. The van der Waals surface area contributed by atoms with Gasteiger partial charge >= 0.3 is 0 Å². The van der Waals surface area contributed by atoms with Gasteiger partial charge in [0.15, 0.2) is 0 Å². The molecule has 0 saturated carbocycles. The average molecular weight is 401 g/mol. The predicted octanol–water partition coefficient (Wildman–Crippen LogP) is 2.40. The molecule has 1 aromatic rings. The first-order chi connectivity index (χ1) is 14.0. The second kappa shape index (κ2) is 9.11. The molecule has 4 rings (SSSR count). The fourth-order valence-electron chi connectivity index (χ4n) is 5.19. The molecule has 1 aromatic heterocycles. The maximum absolute atomic E-state index is 13.2. The topological polar surface area (TPSA) is 48.9 Å². The van der Waals surface area contributed by atoms with Crippen molar-refractivity contribution in [1.29, 1.82) is 0 Å². The standard InChI is InChI=1S/C23H36N4O2/c1-23(2)18-27(13-14-29-23)22(28)20-6-4-10-26(17-20)21-7-11-25(12-8-21)16-19-5-3-9-24-15-19/h3,5,9,15,20-21H,4,6-8,10-14,16-18H2,1-2H3/t20-/m1/s1. The van der Waals surface area contributed by atoms with Crippen molar-refractivity contribution in [3.05, 3.63) is 30.1 Å². The van der Waals surface area contributed by atoms with E-state index in [1.54, 1.807) is 0 Å². The third-order valence-electron chi connectivity index (χ3n) is 6.74. The lowest BCUT2D eigenvalue weighted by Crippen LogP contribution is -2.55. The quantitative estimate of drug-likeness (QED) is 0.777. The Morgan fingerprint density at radius 3 is 2.76 bits per heavy atom. The summed E-state index contributed by atoms with van der Waals surface area (Å²) in [6.45, 7) is 11.6. The normalized spacial score (nSPS) is 27.1. The molecule has 1 atom stereocenters. The molecule has 0 aliphatic carbocycles. The number of carbonyl (C=O) groups is 1. The lowest BCUT2D eigenvalue weighted by molar-refractivity contribution is -0.152. The number of morpholine rings is 1. The minimum absolute atomic E-state index is 0.158. The van der Waals surface area contributed by atoms with E-state index in [9.17, 15) is 4.79 Å². The second-order valence-electron chi connectivity index (χ2n) is 9.57.